The lowest BCUT2D eigenvalue weighted by Gasteiger charge is -2.34. The van der Waals surface area contributed by atoms with Crippen LogP contribution in [0.1, 0.15) is 28.2 Å². The predicted molar refractivity (Wildman–Crippen MR) is 106 cm³/mol. The van der Waals surface area contributed by atoms with Gasteiger partial charge in [-0.15, -0.1) is 11.3 Å². The Labute approximate surface area is 167 Å². The van der Waals surface area contributed by atoms with Crippen molar-refractivity contribution in [2.75, 3.05) is 39.5 Å². The highest BCUT2D eigenvalue weighted by Crippen LogP contribution is 2.35. The lowest BCUT2D eigenvalue weighted by molar-refractivity contribution is 0.0169. The monoisotopic (exact) mass is 410 g/mol. The van der Waals surface area contributed by atoms with Gasteiger partial charge in [-0.3, -0.25) is 9.69 Å². The van der Waals surface area contributed by atoms with Crippen molar-refractivity contribution in [3.8, 4) is 11.5 Å². The van der Waals surface area contributed by atoms with Gasteiger partial charge < -0.3 is 19.9 Å². The zero-order valence-corrected chi connectivity index (χ0v) is 16.7. The van der Waals surface area contributed by atoms with Gasteiger partial charge in [-0.25, -0.2) is 0 Å². The Morgan fingerprint density at radius 3 is 2.89 bits per heavy atom. The third kappa shape index (κ3) is 4.93. The van der Waals surface area contributed by atoms with Crippen LogP contribution >= 0.6 is 22.9 Å². The minimum Gasteiger partial charge on any atom is -0.503 e. The van der Waals surface area contributed by atoms with E-state index >= 15 is 0 Å². The summed E-state index contributed by atoms with van der Waals surface area (Å²) in [6.07, 6.45) is 0. The van der Waals surface area contributed by atoms with Crippen molar-refractivity contribution in [3.05, 3.63) is 45.1 Å². The first-order valence-corrected chi connectivity index (χ1v) is 10.1. The Morgan fingerprint density at radius 1 is 1.44 bits per heavy atom. The molecule has 0 aliphatic carbocycles. The van der Waals surface area contributed by atoms with Gasteiger partial charge in [-0.05, 0) is 30.5 Å². The van der Waals surface area contributed by atoms with Gasteiger partial charge in [0.05, 0.1) is 30.9 Å². The number of benzene rings is 1. The largest absolute Gasteiger partial charge is 0.503 e. The van der Waals surface area contributed by atoms with E-state index in [0.717, 1.165) is 13.1 Å². The molecular weight excluding hydrogens is 388 g/mol. The summed E-state index contributed by atoms with van der Waals surface area (Å²) in [6.45, 7) is 5.69. The molecular formula is C19H23ClN2O4S. The third-order valence-corrected chi connectivity index (χ3v) is 5.67. The second-order valence-corrected chi connectivity index (χ2v) is 7.51. The van der Waals surface area contributed by atoms with Crippen LogP contribution in [-0.2, 0) is 4.74 Å². The molecule has 1 amide bonds. The molecule has 6 nitrogen and oxygen atoms in total. The Bertz CT molecular complexity index is 763. The van der Waals surface area contributed by atoms with Crippen molar-refractivity contribution in [2.45, 2.75) is 13.0 Å². The molecule has 3 rings (SSSR count). The second kappa shape index (κ2) is 9.41. The number of hydrogen-bond acceptors (Lipinski definition) is 6. The van der Waals surface area contributed by atoms with E-state index in [1.54, 1.807) is 18.3 Å². The maximum Gasteiger partial charge on any atom is 0.251 e. The van der Waals surface area contributed by atoms with Crippen LogP contribution in [0.5, 0.6) is 11.5 Å². The second-order valence-electron chi connectivity index (χ2n) is 6.13. The molecule has 1 atom stereocenters. The lowest BCUT2D eigenvalue weighted by Crippen LogP contribution is -2.43. The number of phenols is 1. The van der Waals surface area contributed by atoms with Crippen LogP contribution in [0.25, 0.3) is 0 Å². The zero-order chi connectivity index (χ0) is 19.2. The van der Waals surface area contributed by atoms with Crippen molar-refractivity contribution in [3.63, 3.8) is 0 Å². The zero-order valence-electron chi connectivity index (χ0n) is 15.1. The van der Waals surface area contributed by atoms with Gasteiger partial charge in [0.2, 0.25) is 0 Å². The van der Waals surface area contributed by atoms with Crippen molar-refractivity contribution >= 4 is 28.8 Å². The highest BCUT2D eigenvalue weighted by atomic mass is 35.5. The number of aromatic hydroxyl groups is 1. The molecule has 146 valence electrons. The van der Waals surface area contributed by atoms with Gasteiger partial charge in [0.25, 0.3) is 5.91 Å². The number of carbonyl (C=O) groups is 1. The van der Waals surface area contributed by atoms with Crippen LogP contribution in [0.15, 0.2) is 29.6 Å². The molecule has 1 aromatic carbocycles. The fourth-order valence-electron chi connectivity index (χ4n) is 3.04. The molecule has 2 heterocycles. The summed E-state index contributed by atoms with van der Waals surface area (Å²) in [6, 6.07) is 7.15. The van der Waals surface area contributed by atoms with E-state index in [4.69, 9.17) is 21.1 Å². The highest BCUT2D eigenvalue weighted by Gasteiger charge is 2.24. The number of morpholine rings is 1. The summed E-state index contributed by atoms with van der Waals surface area (Å²) in [5, 5.41) is 15.1. The number of nitrogens with zero attached hydrogens (tertiary/aromatic N) is 1. The average Bonchev–Trinajstić information content (AvgIpc) is 3.21. The van der Waals surface area contributed by atoms with E-state index in [0.29, 0.717) is 31.9 Å². The van der Waals surface area contributed by atoms with Gasteiger partial charge in [-0.1, -0.05) is 17.7 Å². The molecule has 1 aromatic heterocycles. The van der Waals surface area contributed by atoms with Crippen molar-refractivity contribution in [1.82, 2.24) is 10.2 Å². The van der Waals surface area contributed by atoms with Crippen LogP contribution in [0.3, 0.4) is 0 Å². The van der Waals surface area contributed by atoms with Crippen LogP contribution in [0, 0.1) is 0 Å². The molecule has 27 heavy (non-hydrogen) atoms. The first-order chi connectivity index (χ1) is 13.1. The molecule has 8 heteroatoms. The van der Waals surface area contributed by atoms with Gasteiger partial charge >= 0.3 is 0 Å². The number of nitrogens with one attached hydrogen (secondary N) is 1. The number of carbonyl (C=O) groups excluding carboxylic acids is 1. The molecule has 2 N–H and O–H groups in total. The fraction of sp³-hybridized carbons (Fsp3) is 0.421. The van der Waals surface area contributed by atoms with Crippen molar-refractivity contribution < 1.29 is 19.4 Å². The van der Waals surface area contributed by atoms with E-state index < -0.39 is 0 Å². The Balaban J connectivity index is 1.72. The number of halogens is 1. The average molecular weight is 411 g/mol. The first kappa shape index (κ1) is 19.9. The normalized spacial score (nSPS) is 16.1. The predicted octanol–water partition coefficient (Wildman–Crippen LogP) is 3.31. The lowest BCUT2D eigenvalue weighted by atomic mass is 10.1. The van der Waals surface area contributed by atoms with Crippen molar-refractivity contribution in [2.24, 2.45) is 0 Å². The van der Waals surface area contributed by atoms with Gasteiger partial charge in [-0.2, -0.15) is 0 Å². The molecule has 0 bridgehead atoms. The standard InChI is InChI=1S/C19H23ClN2O4S/c1-2-26-16-11-13(10-14(20)18(16)23)19(24)21-12-15(17-4-3-9-27-17)22-5-7-25-8-6-22/h3-4,9-11,15,23H,2,5-8,12H2,1H3,(H,21,24). The summed E-state index contributed by atoms with van der Waals surface area (Å²) < 4.78 is 10.8. The van der Waals surface area contributed by atoms with E-state index in [2.05, 4.69) is 16.3 Å². The van der Waals surface area contributed by atoms with Crippen LogP contribution < -0.4 is 10.1 Å². The maximum atomic E-state index is 12.7. The quantitative estimate of drug-likeness (QED) is 0.732. The minimum atomic E-state index is -0.257. The molecule has 1 fully saturated rings. The Morgan fingerprint density at radius 2 is 2.22 bits per heavy atom. The SMILES string of the molecule is CCOc1cc(C(=O)NCC(c2cccs2)N2CCOCC2)cc(Cl)c1O. The summed E-state index contributed by atoms with van der Waals surface area (Å²) in [4.78, 5) is 16.2. The molecule has 2 aromatic rings. The van der Waals surface area contributed by atoms with Crippen molar-refractivity contribution in [1.29, 1.82) is 0 Å². The van der Waals surface area contributed by atoms with E-state index in [9.17, 15) is 9.90 Å². The number of amides is 1. The van der Waals surface area contributed by atoms with E-state index in [1.807, 2.05) is 11.4 Å². The maximum absolute atomic E-state index is 12.7. The fourth-order valence-corrected chi connectivity index (χ4v) is 4.11. The first-order valence-electron chi connectivity index (χ1n) is 8.88. The highest BCUT2D eigenvalue weighted by molar-refractivity contribution is 7.10. The van der Waals surface area contributed by atoms with Gasteiger partial charge in [0.15, 0.2) is 11.5 Å². The van der Waals surface area contributed by atoms with Crippen LogP contribution in [0.4, 0.5) is 0 Å². The smallest absolute Gasteiger partial charge is 0.251 e. The molecule has 1 saturated heterocycles. The number of hydrogen-bond donors (Lipinski definition) is 2. The van der Waals surface area contributed by atoms with Crippen LogP contribution in [-0.4, -0.2) is 55.4 Å². The molecule has 0 spiro atoms. The summed E-state index contributed by atoms with van der Waals surface area (Å²) in [7, 11) is 0. The summed E-state index contributed by atoms with van der Waals surface area (Å²) in [5.41, 5.74) is 0.355. The number of rotatable bonds is 7. The molecule has 1 aliphatic rings. The molecule has 1 unspecified atom stereocenters. The third-order valence-electron chi connectivity index (χ3n) is 4.40. The number of thiophene rings is 1. The van der Waals surface area contributed by atoms with Crippen LogP contribution in [0.2, 0.25) is 5.02 Å². The summed E-state index contributed by atoms with van der Waals surface area (Å²) in [5.74, 6) is -0.203. The van der Waals surface area contributed by atoms with E-state index in [1.165, 1.54) is 17.0 Å². The number of phenolic OH excluding ortho intramolecular Hbond substituents is 1. The number of ether oxygens (including phenoxy) is 2. The van der Waals surface area contributed by atoms with E-state index in [-0.39, 0.29) is 28.5 Å². The summed E-state index contributed by atoms with van der Waals surface area (Å²) >= 11 is 7.71. The topological polar surface area (TPSA) is 71.0 Å². The van der Waals surface area contributed by atoms with Gasteiger partial charge in [0.1, 0.15) is 0 Å². The Kier molecular flexibility index (Phi) is 6.95. The van der Waals surface area contributed by atoms with Gasteiger partial charge in [0, 0.05) is 30.1 Å². The molecule has 1 aliphatic heterocycles. The Hall–Kier alpha value is -1.80. The molecule has 0 saturated carbocycles. The minimum absolute atomic E-state index is 0.0917. The molecule has 0 radical (unpaired) electrons.